The molecule has 1 N–H and O–H groups in total. The fourth-order valence-corrected chi connectivity index (χ4v) is 1.90. The minimum Gasteiger partial charge on any atom is -0.478 e. The SMILES string of the molecule is Cc1c(C(=O)O)cccc1-c1ccc(C#N)cc1. The van der Waals surface area contributed by atoms with Gasteiger partial charge < -0.3 is 5.11 Å². The van der Waals surface area contributed by atoms with Crippen molar-refractivity contribution in [2.75, 3.05) is 0 Å². The van der Waals surface area contributed by atoms with Gasteiger partial charge in [-0.25, -0.2) is 4.79 Å². The molecule has 0 bridgehead atoms. The Balaban J connectivity index is 2.54. The number of hydrogen-bond donors (Lipinski definition) is 1. The zero-order valence-corrected chi connectivity index (χ0v) is 9.84. The number of carboxylic acid groups (broad SMARTS) is 1. The van der Waals surface area contributed by atoms with Gasteiger partial charge in [-0.05, 0) is 41.8 Å². The predicted octanol–water partition coefficient (Wildman–Crippen LogP) is 3.23. The predicted molar refractivity (Wildman–Crippen MR) is 68.3 cm³/mol. The highest BCUT2D eigenvalue weighted by Crippen LogP contribution is 2.25. The molecule has 0 amide bonds. The van der Waals surface area contributed by atoms with E-state index < -0.39 is 5.97 Å². The normalized spacial score (nSPS) is 9.78. The van der Waals surface area contributed by atoms with Crippen molar-refractivity contribution in [3.05, 3.63) is 59.2 Å². The summed E-state index contributed by atoms with van der Waals surface area (Å²) in [6.07, 6.45) is 0. The van der Waals surface area contributed by atoms with Crippen LogP contribution in [0.1, 0.15) is 21.5 Å². The van der Waals surface area contributed by atoms with Crippen LogP contribution in [0.4, 0.5) is 0 Å². The van der Waals surface area contributed by atoms with Crippen LogP contribution in [0.3, 0.4) is 0 Å². The van der Waals surface area contributed by atoms with Crippen molar-refractivity contribution in [2.45, 2.75) is 6.92 Å². The zero-order chi connectivity index (χ0) is 13.1. The fraction of sp³-hybridized carbons (Fsp3) is 0.0667. The van der Waals surface area contributed by atoms with E-state index in [0.717, 1.165) is 16.7 Å². The first kappa shape index (κ1) is 11.9. The molecule has 2 aromatic carbocycles. The van der Waals surface area contributed by atoms with Crippen molar-refractivity contribution in [2.24, 2.45) is 0 Å². The summed E-state index contributed by atoms with van der Waals surface area (Å²) >= 11 is 0. The number of nitriles is 1. The van der Waals surface area contributed by atoms with Crippen LogP contribution in [0.2, 0.25) is 0 Å². The lowest BCUT2D eigenvalue weighted by atomic mass is 9.96. The minimum atomic E-state index is -0.928. The summed E-state index contributed by atoms with van der Waals surface area (Å²) in [7, 11) is 0. The van der Waals surface area contributed by atoms with Gasteiger partial charge in [0.2, 0.25) is 0 Å². The Morgan fingerprint density at radius 1 is 1.17 bits per heavy atom. The number of rotatable bonds is 2. The topological polar surface area (TPSA) is 61.1 Å². The maximum absolute atomic E-state index is 11.1. The average Bonchev–Trinajstić information content (AvgIpc) is 2.39. The molecule has 0 atom stereocenters. The van der Waals surface area contributed by atoms with E-state index in [2.05, 4.69) is 6.07 Å². The fourth-order valence-electron chi connectivity index (χ4n) is 1.90. The maximum Gasteiger partial charge on any atom is 0.335 e. The second-order valence-corrected chi connectivity index (χ2v) is 3.97. The van der Waals surface area contributed by atoms with Gasteiger partial charge in [-0.3, -0.25) is 0 Å². The van der Waals surface area contributed by atoms with Crippen LogP contribution in [0.5, 0.6) is 0 Å². The molecule has 88 valence electrons. The van der Waals surface area contributed by atoms with Crippen LogP contribution in [0.25, 0.3) is 11.1 Å². The van der Waals surface area contributed by atoms with Crippen molar-refractivity contribution >= 4 is 5.97 Å². The molecular weight excluding hydrogens is 226 g/mol. The van der Waals surface area contributed by atoms with Crippen molar-refractivity contribution in [1.82, 2.24) is 0 Å². The van der Waals surface area contributed by atoms with E-state index in [9.17, 15) is 4.79 Å². The van der Waals surface area contributed by atoms with Crippen LogP contribution in [0.15, 0.2) is 42.5 Å². The quantitative estimate of drug-likeness (QED) is 0.872. The third kappa shape index (κ3) is 2.09. The highest BCUT2D eigenvalue weighted by Gasteiger charge is 2.10. The van der Waals surface area contributed by atoms with E-state index in [1.165, 1.54) is 0 Å². The van der Waals surface area contributed by atoms with E-state index in [0.29, 0.717) is 11.1 Å². The molecule has 0 saturated heterocycles. The van der Waals surface area contributed by atoms with Gasteiger partial charge in [-0.15, -0.1) is 0 Å². The molecule has 0 aromatic heterocycles. The summed E-state index contributed by atoms with van der Waals surface area (Å²) in [4.78, 5) is 11.1. The van der Waals surface area contributed by atoms with Crippen LogP contribution < -0.4 is 0 Å². The highest BCUT2D eigenvalue weighted by atomic mass is 16.4. The summed E-state index contributed by atoms with van der Waals surface area (Å²) in [5.74, 6) is -0.928. The summed E-state index contributed by atoms with van der Waals surface area (Å²) in [5.41, 5.74) is 3.41. The summed E-state index contributed by atoms with van der Waals surface area (Å²) in [6.45, 7) is 1.79. The summed E-state index contributed by atoms with van der Waals surface area (Å²) in [6, 6.07) is 14.3. The van der Waals surface area contributed by atoms with Gasteiger partial charge in [0.1, 0.15) is 0 Å². The van der Waals surface area contributed by atoms with E-state index in [4.69, 9.17) is 10.4 Å². The summed E-state index contributed by atoms with van der Waals surface area (Å²) < 4.78 is 0. The first-order valence-electron chi connectivity index (χ1n) is 5.47. The van der Waals surface area contributed by atoms with Gasteiger partial charge >= 0.3 is 5.97 Å². The molecule has 3 heteroatoms. The first-order valence-corrected chi connectivity index (χ1v) is 5.47. The van der Waals surface area contributed by atoms with Crippen LogP contribution in [-0.4, -0.2) is 11.1 Å². The lowest BCUT2D eigenvalue weighted by molar-refractivity contribution is 0.0696. The van der Waals surface area contributed by atoms with Gasteiger partial charge in [-0.1, -0.05) is 24.3 Å². The molecule has 0 spiro atoms. The number of carboxylic acids is 1. The lowest BCUT2D eigenvalue weighted by Gasteiger charge is -2.08. The van der Waals surface area contributed by atoms with E-state index in [1.54, 1.807) is 31.2 Å². The maximum atomic E-state index is 11.1. The molecular formula is C15H11NO2. The number of benzene rings is 2. The molecule has 0 unspecified atom stereocenters. The zero-order valence-electron chi connectivity index (χ0n) is 9.84. The van der Waals surface area contributed by atoms with Crippen LogP contribution >= 0.6 is 0 Å². The smallest absolute Gasteiger partial charge is 0.335 e. The molecule has 3 nitrogen and oxygen atoms in total. The Morgan fingerprint density at radius 2 is 1.83 bits per heavy atom. The molecule has 0 fully saturated rings. The Hall–Kier alpha value is -2.60. The standard InChI is InChI=1S/C15H11NO2/c1-10-13(3-2-4-14(10)15(17)18)12-7-5-11(9-16)6-8-12/h2-8H,1H3,(H,17,18). The van der Waals surface area contributed by atoms with Crippen LogP contribution in [-0.2, 0) is 0 Å². The van der Waals surface area contributed by atoms with E-state index in [1.807, 2.05) is 18.2 Å². The molecule has 0 heterocycles. The summed E-state index contributed by atoms with van der Waals surface area (Å²) in [5, 5.41) is 17.8. The second-order valence-electron chi connectivity index (χ2n) is 3.97. The minimum absolute atomic E-state index is 0.303. The van der Waals surface area contributed by atoms with Crippen molar-refractivity contribution in [3.63, 3.8) is 0 Å². The van der Waals surface area contributed by atoms with Gasteiger partial charge in [0.25, 0.3) is 0 Å². The van der Waals surface area contributed by atoms with Crippen LogP contribution in [0, 0.1) is 18.3 Å². The first-order chi connectivity index (χ1) is 8.63. The average molecular weight is 237 g/mol. The van der Waals surface area contributed by atoms with Gasteiger partial charge in [0.05, 0.1) is 17.2 Å². The van der Waals surface area contributed by atoms with Crippen molar-refractivity contribution in [3.8, 4) is 17.2 Å². The second kappa shape index (κ2) is 4.72. The molecule has 2 rings (SSSR count). The lowest BCUT2D eigenvalue weighted by Crippen LogP contribution is -2.00. The van der Waals surface area contributed by atoms with Crippen molar-refractivity contribution in [1.29, 1.82) is 5.26 Å². The molecule has 0 aliphatic rings. The molecule has 0 aliphatic heterocycles. The molecule has 0 radical (unpaired) electrons. The Labute approximate surface area is 105 Å². The third-order valence-corrected chi connectivity index (χ3v) is 2.89. The van der Waals surface area contributed by atoms with E-state index >= 15 is 0 Å². The van der Waals surface area contributed by atoms with E-state index in [-0.39, 0.29) is 0 Å². The van der Waals surface area contributed by atoms with Gasteiger partial charge in [0, 0.05) is 0 Å². The highest BCUT2D eigenvalue weighted by molar-refractivity contribution is 5.92. The molecule has 0 aliphatic carbocycles. The monoisotopic (exact) mass is 237 g/mol. The number of carbonyl (C=O) groups is 1. The Bertz CT molecular complexity index is 637. The Kier molecular flexibility index (Phi) is 3.11. The molecule has 0 saturated carbocycles. The molecule has 18 heavy (non-hydrogen) atoms. The van der Waals surface area contributed by atoms with Crippen molar-refractivity contribution < 1.29 is 9.90 Å². The number of aromatic carboxylic acids is 1. The number of nitrogens with zero attached hydrogens (tertiary/aromatic N) is 1. The van der Waals surface area contributed by atoms with Gasteiger partial charge in [-0.2, -0.15) is 5.26 Å². The van der Waals surface area contributed by atoms with Gasteiger partial charge in [0.15, 0.2) is 0 Å². The molecule has 2 aromatic rings. The third-order valence-electron chi connectivity index (χ3n) is 2.89. The number of hydrogen-bond acceptors (Lipinski definition) is 2. The Morgan fingerprint density at radius 3 is 2.39 bits per heavy atom. The largest absolute Gasteiger partial charge is 0.478 e.